The molecule has 0 aliphatic heterocycles. The van der Waals surface area contributed by atoms with Gasteiger partial charge in [-0.05, 0) is 55.6 Å². The zero-order valence-corrected chi connectivity index (χ0v) is 12.5. The lowest BCUT2D eigenvalue weighted by Gasteiger charge is -2.20. The smallest absolute Gasteiger partial charge is 0.416 e. The lowest BCUT2D eigenvalue weighted by molar-refractivity contribution is -0.137. The molecule has 0 saturated heterocycles. The lowest BCUT2D eigenvalue weighted by Crippen LogP contribution is -2.16. The van der Waals surface area contributed by atoms with Gasteiger partial charge in [-0.3, -0.25) is 0 Å². The second-order valence-corrected chi connectivity index (χ2v) is 5.08. The minimum absolute atomic E-state index is 0.309. The van der Waals surface area contributed by atoms with Gasteiger partial charge in [-0.15, -0.1) is 0 Å². The lowest BCUT2D eigenvalue weighted by atomic mass is 10.1. The van der Waals surface area contributed by atoms with Gasteiger partial charge in [0, 0.05) is 6.42 Å². The van der Waals surface area contributed by atoms with Crippen molar-refractivity contribution < 1.29 is 22.3 Å². The van der Waals surface area contributed by atoms with Gasteiger partial charge in [0.1, 0.15) is 17.7 Å². The van der Waals surface area contributed by atoms with Crippen LogP contribution in [0.5, 0.6) is 5.75 Å². The molecule has 0 fully saturated rings. The maximum Gasteiger partial charge on any atom is 0.416 e. The molecule has 2 rings (SSSR count). The van der Waals surface area contributed by atoms with Crippen molar-refractivity contribution >= 4 is 0 Å². The molecule has 2 aromatic carbocycles. The third-order valence-corrected chi connectivity index (χ3v) is 3.34. The summed E-state index contributed by atoms with van der Waals surface area (Å²) in [5.41, 5.74) is -0.0949. The fourth-order valence-corrected chi connectivity index (χ4v) is 2.16. The highest BCUT2D eigenvalue weighted by atomic mass is 19.4. The quantitative estimate of drug-likeness (QED) is 0.785. The molecule has 6 heteroatoms. The van der Waals surface area contributed by atoms with Crippen LogP contribution < -0.4 is 10.1 Å². The average molecular weight is 327 g/mol. The number of hydrogen-bond acceptors (Lipinski definition) is 2. The standard InChI is InChI=1S/C17H17F4NO/c1-22-10-9-16(12-3-2-4-14(18)11-12)23-15-7-5-13(6-8-15)17(19,20)21/h2-8,11,16,22H,9-10H2,1H3. The zero-order valence-electron chi connectivity index (χ0n) is 12.5. The molecule has 1 N–H and O–H groups in total. The van der Waals surface area contributed by atoms with Crippen molar-refractivity contribution in [2.24, 2.45) is 0 Å². The van der Waals surface area contributed by atoms with E-state index in [1.165, 1.54) is 24.3 Å². The number of benzene rings is 2. The van der Waals surface area contributed by atoms with Crippen LogP contribution in [0.15, 0.2) is 48.5 Å². The minimum atomic E-state index is -4.38. The van der Waals surface area contributed by atoms with Gasteiger partial charge in [-0.1, -0.05) is 12.1 Å². The van der Waals surface area contributed by atoms with Crippen LogP contribution in [0.1, 0.15) is 23.7 Å². The monoisotopic (exact) mass is 327 g/mol. The van der Waals surface area contributed by atoms with E-state index in [1.807, 2.05) is 0 Å². The molecule has 0 heterocycles. The Hall–Kier alpha value is -2.08. The number of halogens is 4. The second kappa shape index (κ2) is 7.46. The van der Waals surface area contributed by atoms with Crippen molar-refractivity contribution in [1.29, 1.82) is 0 Å². The van der Waals surface area contributed by atoms with Gasteiger partial charge in [-0.2, -0.15) is 13.2 Å². The fraction of sp³-hybridized carbons (Fsp3) is 0.294. The topological polar surface area (TPSA) is 21.3 Å². The Bertz CT molecular complexity index is 625. The molecule has 124 valence electrons. The molecule has 0 aromatic heterocycles. The molecular formula is C17H17F4NO. The Morgan fingerprint density at radius 3 is 2.35 bits per heavy atom. The summed E-state index contributed by atoms with van der Waals surface area (Å²) in [6, 6.07) is 10.5. The van der Waals surface area contributed by atoms with Gasteiger partial charge in [0.05, 0.1) is 5.56 Å². The van der Waals surface area contributed by atoms with E-state index in [9.17, 15) is 17.6 Å². The van der Waals surface area contributed by atoms with Gasteiger partial charge in [0.25, 0.3) is 0 Å². The van der Waals surface area contributed by atoms with Gasteiger partial charge in [0.15, 0.2) is 0 Å². The largest absolute Gasteiger partial charge is 0.486 e. The summed E-state index contributed by atoms with van der Waals surface area (Å²) in [5, 5.41) is 2.97. The molecule has 23 heavy (non-hydrogen) atoms. The van der Waals surface area contributed by atoms with Crippen molar-refractivity contribution in [1.82, 2.24) is 5.32 Å². The van der Waals surface area contributed by atoms with E-state index < -0.39 is 17.8 Å². The Morgan fingerprint density at radius 1 is 1.09 bits per heavy atom. The molecular weight excluding hydrogens is 310 g/mol. The van der Waals surface area contributed by atoms with Crippen LogP contribution >= 0.6 is 0 Å². The molecule has 0 aliphatic carbocycles. The van der Waals surface area contributed by atoms with E-state index in [2.05, 4.69) is 5.32 Å². The first-order valence-corrected chi connectivity index (χ1v) is 7.14. The van der Waals surface area contributed by atoms with Gasteiger partial charge in [0.2, 0.25) is 0 Å². The predicted molar refractivity (Wildman–Crippen MR) is 79.8 cm³/mol. The molecule has 0 bridgehead atoms. The molecule has 0 radical (unpaired) electrons. The Balaban J connectivity index is 2.17. The highest BCUT2D eigenvalue weighted by Crippen LogP contribution is 2.31. The zero-order chi connectivity index (χ0) is 16.9. The first kappa shape index (κ1) is 17.3. The van der Waals surface area contributed by atoms with E-state index >= 15 is 0 Å². The van der Waals surface area contributed by atoms with E-state index in [0.29, 0.717) is 24.3 Å². The van der Waals surface area contributed by atoms with Crippen LogP contribution in [-0.2, 0) is 6.18 Å². The molecule has 0 spiro atoms. The van der Waals surface area contributed by atoms with Crippen molar-refractivity contribution in [3.63, 3.8) is 0 Å². The summed E-state index contributed by atoms with van der Waals surface area (Å²) in [5.74, 6) is -0.0728. The molecule has 0 saturated carbocycles. The van der Waals surface area contributed by atoms with Crippen LogP contribution in [0.4, 0.5) is 17.6 Å². The fourth-order valence-electron chi connectivity index (χ4n) is 2.16. The maximum absolute atomic E-state index is 13.4. The van der Waals surface area contributed by atoms with Crippen molar-refractivity contribution in [2.75, 3.05) is 13.6 Å². The van der Waals surface area contributed by atoms with E-state index in [-0.39, 0.29) is 5.82 Å². The van der Waals surface area contributed by atoms with Crippen LogP contribution in [0.3, 0.4) is 0 Å². The van der Waals surface area contributed by atoms with E-state index in [0.717, 1.165) is 12.1 Å². The predicted octanol–water partition coefficient (Wildman–Crippen LogP) is 4.57. The summed E-state index contributed by atoms with van der Waals surface area (Å²) < 4.78 is 56.8. The van der Waals surface area contributed by atoms with Gasteiger partial charge < -0.3 is 10.1 Å². The van der Waals surface area contributed by atoms with Crippen LogP contribution in [0.2, 0.25) is 0 Å². The summed E-state index contributed by atoms with van der Waals surface area (Å²) >= 11 is 0. The Morgan fingerprint density at radius 2 is 1.78 bits per heavy atom. The number of nitrogens with one attached hydrogen (secondary N) is 1. The number of rotatable bonds is 6. The highest BCUT2D eigenvalue weighted by Gasteiger charge is 2.30. The molecule has 0 aliphatic rings. The summed E-state index contributed by atoms with van der Waals surface area (Å²) in [6.45, 7) is 0.627. The summed E-state index contributed by atoms with van der Waals surface area (Å²) in [6.07, 6.45) is -4.27. The number of ether oxygens (including phenoxy) is 1. The van der Waals surface area contributed by atoms with Crippen molar-refractivity contribution in [3.05, 3.63) is 65.5 Å². The average Bonchev–Trinajstić information content (AvgIpc) is 2.51. The van der Waals surface area contributed by atoms with Crippen molar-refractivity contribution in [2.45, 2.75) is 18.7 Å². The van der Waals surface area contributed by atoms with Crippen LogP contribution in [0, 0.1) is 5.82 Å². The maximum atomic E-state index is 13.4. The highest BCUT2D eigenvalue weighted by molar-refractivity contribution is 5.30. The first-order valence-electron chi connectivity index (χ1n) is 7.14. The summed E-state index contributed by atoms with van der Waals surface area (Å²) in [4.78, 5) is 0. The van der Waals surface area contributed by atoms with E-state index in [4.69, 9.17) is 4.74 Å². The number of hydrogen-bond donors (Lipinski definition) is 1. The molecule has 2 nitrogen and oxygen atoms in total. The summed E-state index contributed by atoms with van der Waals surface area (Å²) in [7, 11) is 1.78. The van der Waals surface area contributed by atoms with Gasteiger partial charge in [-0.25, -0.2) is 4.39 Å². The SMILES string of the molecule is CNCCC(Oc1ccc(C(F)(F)F)cc1)c1cccc(F)c1. The molecule has 2 aromatic rings. The minimum Gasteiger partial charge on any atom is -0.486 e. The third-order valence-electron chi connectivity index (χ3n) is 3.34. The molecule has 0 amide bonds. The van der Waals surface area contributed by atoms with Crippen LogP contribution in [-0.4, -0.2) is 13.6 Å². The Labute approximate surface area is 132 Å². The molecule has 1 atom stereocenters. The van der Waals surface area contributed by atoms with E-state index in [1.54, 1.807) is 19.2 Å². The normalized spacial score (nSPS) is 12.9. The third kappa shape index (κ3) is 4.96. The van der Waals surface area contributed by atoms with Crippen LogP contribution in [0.25, 0.3) is 0 Å². The first-order chi connectivity index (χ1) is 10.9. The molecule has 1 unspecified atom stereocenters. The second-order valence-electron chi connectivity index (χ2n) is 5.08. The number of alkyl halides is 3. The van der Waals surface area contributed by atoms with Crippen molar-refractivity contribution in [3.8, 4) is 5.75 Å². The van der Waals surface area contributed by atoms with Gasteiger partial charge >= 0.3 is 6.18 Å². The Kier molecular flexibility index (Phi) is 5.60.